The Hall–Kier alpha value is -2.82. The topological polar surface area (TPSA) is 108 Å². The molecule has 3 aromatic rings. The number of pyridine rings is 2. The van der Waals surface area contributed by atoms with Gasteiger partial charge in [0, 0.05) is 30.0 Å². The number of ether oxygens (including phenoxy) is 3. The Bertz CT molecular complexity index is 1130. The molecular formula is C21H22ClN5O4S. The third-order valence-corrected chi connectivity index (χ3v) is 6.11. The summed E-state index contributed by atoms with van der Waals surface area (Å²) >= 11 is 7.23. The van der Waals surface area contributed by atoms with Gasteiger partial charge in [0.25, 0.3) is 11.1 Å². The molecule has 4 heterocycles. The monoisotopic (exact) mass is 475 g/mol. The molecule has 1 saturated heterocycles. The van der Waals surface area contributed by atoms with E-state index >= 15 is 0 Å². The van der Waals surface area contributed by atoms with Crippen LogP contribution in [-0.2, 0) is 4.74 Å². The van der Waals surface area contributed by atoms with E-state index in [0.717, 1.165) is 24.4 Å². The SMILES string of the molecule is COc1c(C)ncc(C(=O)Nc2nnc(OCC3(C)CCOC3)s2)c1-c1ccnc(Cl)c1. The number of nitrogens with zero attached hydrogens (tertiary/aromatic N) is 4. The van der Waals surface area contributed by atoms with E-state index in [-0.39, 0.29) is 5.41 Å². The Morgan fingerprint density at radius 1 is 1.38 bits per heavy atom. The highest BCUT2D eigenvalue weighted by Crippen LogP contribution is 2.36. The first-order valence-corrected chi connectivity index (χ1v) is 11.1. The van der Waals surface area contributed by atoms with Crippen LogP contribution in [0.1, 0.15) is 29.4 Å². The van der Waals surface area contributed by atoms with Crippen LogP contribution < -0.4 is 14.8 Å². The molecule has 168 valence electrons. The fourth-order valence-electron chi connectivity index (χ4n) is 3.40. The van der Waals surface area contributed by atoms with Gasteiger partial charge in [0.1, 0.15) is 10.9 Å². The average Bonchev–Trinajstić information content (AvgIpc) is 3.41. The Kier molecular flexibility index (Phi) is 6.54. The number of hydrogen-bond donors (Lipinski definition) is 1. The van der Waals surface area contributed by atoms with E-state index in [4.69, 9.17) is 25.8 Å². The van der Waals surface area contributed by atoms with E-state index in [1.165, 1.54) is 13.3 Å². The highest BCUT2D eigenvalue weighted by molar-refractivity contribution is 7.17. The van der Waals surface area contributed by atoms with Crippen LogP contribution >= 0.6 is 22.9 Å². The molecule has 0 spiro atoms. The van der Waals surface area contributed by atoms with Gasteiger partial charge >= 0.3 is 0 Å². The van der Waals surface area contributed by atoms with Crippen molar-refractivity contribution in [2.75, 3.05) is 32.2 Å². The summed E-state index contributed by atoms with van der Waals surface area (Å²) in [4.78, 5) is 21.4. The fraction of sp³-hybridized carbons (Fsp3) is 0.381. The van der Waals surface area contributed by atoms with Crippen LogP contribution in [0.3, 0.4) is 0 Å². The summed E-state index contributed by atoms with van der Waals surface area (Å²) < 4.78 is 16.8. The maximum atomic E-state index is 13.1. The highest BCUT2D eigenvalue weighted by atomic mass is 35.5. The van der Waals surface area contributed by atoms with Gasteiger partial charge in [0.05, 0.1) is 31.6 Å². The molecule has 0 bridgehead atoms. The van der Waals surface area contributed by atoms with Gasteiger partial charge in [-0.15, -0.1) is 5.10 Å². The molecule has 1 N–H and O–H groups in total. The summed E-state index contributed by atoms with van der Waals surface area (Å²) in [7, 11) is 1.53. The van der Waals surface area contributed by atoms with E-state index in [1.807, 2.05) is 0 Å². The summed E-state index contributed by atoms with van der Waals surface area (Å²) in [6.07, 6.45) is 3.99. The number of nitrogens with one attached hydrogen (secondary N) is 1. The second-order valence-corrected chi connectivity index (χ2v) is 9.09. The third kappa shape index (κ3) is 4.82. The number of rotatable bonds is 7. The van der Waals surface area contributed by atoms with Crippen LogP contribution in [0.25, 0.3) is 11.1 Å². The number of methoxy groups -OCH3 is 1. The van der Waals surface area contributed by atoms with Crippen molar-refractivity contribution in [3.05, 3.63) is 40.9 Å². The van der Waals surface area contributed by atoms with Crippen molar-refractivity contribution in [2.45, 2.75) is 20.3 Å². The van der Waals surface area contributed by atoms with E-state index in [1.54, 1.807) is 25.3 Å². The van der Waals surface area contributed by atoms with Gasteiger partial charge in [-0.1, -0.05) is 23.6 Å². The molecule has 1 atom stereocenters. The molecule has 11 heteroatoms. The average molecular weight is 476 g/mol. The molecule has 1 amide bonds. The van der Waals surface area contributed by atoms with Crippen LogP contribution in [0.4, 0.5) is 5.13 Å². The lowest BCUT2D eigenvalue weighted by Crippen LogP contribution is -2.25. The molecule has 9 nitrogen and oxygen atoms in total. The molecule has 1 fully saturated rings. The lowest BCUT2D eigenvalue weighted by atomic mass is 9.91. The van der Waals surface area contributed by atoms with Crippen LogP contribution in [-0.4, -0.2) is 53.0 Å². The summed E-state index contributed by atoms with van der Waals surface area (Å²) in [5, 5.41) is 11.8. The lowest BCUT2D eigenvalue weighted by molar-refractivity contribution is 0.102. The predicted molar refractivity (Wildman–Crippen MR) is 121 cm³/mol. The van der Waals surface area contributed by atoms with Gasteiger partial charge in [-0.3, -0.25) is 15.1 Å². The zero-order valence-electron chi connectivity index (χ0n) is 17.8. The Labute approximate surface area is 194 Å². The minimum Gasteiger partial charge on any atom is -0.494 e. The number of halogens is 1. The molecule has 1 aliphatic rings. The van der Waals surface area contributed by atoms with Crippen LogP contribution in [0, 0.1) is 12.3 Å². The van der Waals surface area contributed by atoms with Gasteiger partial charge < -0.3 is 14.2 Å². The van der Waals surface area contributed by atoms with Gasteiger partial charge in [0.2, 0.25) is 5.13 Å². The number of anilines is 1. The van der Waals surface area contributed by atoms with Crippen molar-refractivity contribution in [3.63, 3.8) is 0 Å². The Morgan fingerprint density at radius 3 is 2.94 bits per heavy atom. The van der Waals surface area contributed by atoms with E-state index in [9.17, 15) is 4.79 Å². The number of carbonyl (C=O) groups is 1. The van der Waals surface area contributed by atoms with E-state index < -0.39 is 5.91 Å². The van der Waals surface area contributed by atoms with Crippen LogP contribution in [0.5, 0.6) is 10.9 Å². The van der Waals surface area contributed by atoms with Crippen LogP contribution in [0.2, 0.25) is 5.15 Å². The largest absolute Gasteiger partial charge is 0.494 e. The van der Waals surface area contributed by atoms with Crippen molar-refractivity contribution < 1.29 is 19.0 Å². The number of aryl methyl sites for hydroxylation is 1. The van der Waals surface area contributed by atoms with Gasteiger partial charge in [-0.05, 0) is 42.4 Å². The summed E-state index contributed by atoms with van der Waals surface area (Å²) in [6.45, 7) is 5.77. The number of hydrogen-bond acceptors (Lipinski definition) is 9. The number of carbonyl (C=O) groups excluding carboxylic acids is 1. The summed E-state index contributed by atoms with van der Waals surface area (Å²) in [5.41, 5.74) is 2.16. The molecule has 0 aromatic carbocycles. The summed E-state index contributed by atoms with van der Waals surface area (Å²) in [5.74, 6) is 0.0748. The molecule has 1 unspecified atom stereocenters. The second-order valence-electron chi connectivity index (χ2n) is 7.76. The first kappa shape index (κ1) is 22.4. The molecule has 3 aromatic heterocycles. The minimum atomic E-state index is -0.405. The maximum absolute atomic E-state index is 13.1. The summed E-state index contributed by atoms with van der Waals surface area (Å²) in [6, 6.07) is 3.42. The van der Waals surface area contributed by atoms with Crippen molar-refractivity contribution in [3.8, 4) is 22.1 Å². The smallest absolute Gasteiger partial charge is 0.295 e. The van der Waals surface area contributed by atoms with E-state index in [0.29, 0.717) is 56.8 Å². The van der Waals surface area contributed by atoms with Crippen molar-refractivity contribution in [1.29, 1.82) is 0 Å². The van der Waals surface area contributed by atoms with Gasteiger partial charge in [0.15, 0.2) is 0 Å². The Balaban J connectivity index is 1.56. The van der Waals surface area contributed by atoms with Gasteiger partial charge in [-0.25, -0.2) is 4.98 Å². The number of amides is 1. The standard InChI is InChI=1S/C21H22ClN5O4S/c1-12-17(29-3)16(13-4-6-23-15(22)8-13)14(9-24-12)18(28)25-19-26-27-20(32-19)31-11-21(2)5-7-30-10-21/h4,6,8-9H,5,7,10-11H2,1-3H3,(H,25,26,28). The molecule has 0 saturated carbocycles. The van der Waals surface area contributed by atoms with Crippen LogP contribution in [0.15, 0.2) is 24.5 Å². The van der Waals surface area contributed by atoms with Crippen molar-refractivity contribution in [1.82, 2.24) is 20.2 Å². The second kappa shape index (κ2) is 9.35. The number of aromatic nitrogens is 4. The Morgan fingerprint density at radius 2 is 2.22 bits per heavy atom. The lowest BCUT2D eigenvalue weighted by Gasteiger charge is -2.20. The van der Waals surface area contributed by atoms with Crippen molar-refractivity contribution >= 4 is 34.0 Å². The fourth-order valence-corrected chi connectivity index (χ4v) is 4.16. The zero-order valence-corrected chi connectivity index (χ0v) is 19.4. The molecule has 0 aliphatic carbocycles. The molecule has 1 aliphatic heterocycles. The molecule has 32 heavy (non-hydrogen) atoms. The molecule has 0 radical (unpaired) electrons. The predicted octanol–water partition coefficient (Wildman–Crippen LogP) is 4.02. The zero-order chi connectivity index (χ0) is 22.7. The molecule has 4 rings (SSSR count). The quantitative estimate of drug-likeness (QED) is 0.510. The van der Waals surface area contributed by atoms with Gasteiger partial charge in [-0.2, -0.15) is 0 Å². The van der Waals surface area contributed by atoms with E-state index in [2.05, 4.69) is 32.4 Å². The first-order valence-electron chi connectivity index (χ1n) is 9.89. The molecular weight excluding hydrogens is 454 g/mol. The van der Waals surface area contributed by atoms with Crippen molar-refractivity contribution in [2.24, 2.45) is 5.41 Å². The highest BCUT2D eigenvalue weighted by Gasteiger charge is 2.31. The third-order valence-electron chi connectivity index (χ3n) is 5.15. The maximum Gasteiger partial charge on any atom is 0.295 e. The first-order chi connectivity index (χ1) is 15.4. The minimum absolute atomic E-state index is 0.0417. The normalized spacial score (nSPS) is 17.9.